The number of hydrogen-bond acceptors (Lipinski definition) is 5. The highest BCUT2D eigenvalue weighted by atomic mass is 35.5. The van der Waals surface area contributed by atoms with E-state index in [2.05, 4.69) is 10.3 Å². The number of ether oxygens (including phenoxy) is 1. The van der Waals surface area contributed by atoms with Crippen molar-refractivity contribution in [3.63, 3.8) is 0 Å². The maximum absolute atomic E-state index is 15.5. The summed E-state index contributed by atoms with van der Waals surface area (Å²) in [5.74, 6) is -1.32. The van der Waals surface area contributed by atoms with Gasteiger partial charge in [-0.05, 0) is 55.3 Å². The Hall–Kier alpha value is -3.72. The molecule has 1 amide bonds. The van der Waals surface area contributed by atoms with E-state index in [4.69, 9.17) is 33.0 Å². The van der Waals surface area contributed by atoms with Gasteiger partial charge in [-0.3, -0.25) is 10.1 Å². The molecule has 0 saturated heterocycles. The summed E-state index contributed by atoms with van der Waals surface area (Å²) >= 11 is 13.7. The highest BCUT2D eigenvalue weighted by Crippen LogP contribution is 2.32. The fourth-order valence-electron chi connectivity index (χ4n) is 3.82. The van der Waals surface area contributed by atoms with Crippen molar-refractivity contribution in [1.29, 1.82) is 0 Å². The second kappa shape index (κ2) is 12.4. The molecule has 0 unspecified atom stereocenters. The number of para-hydroxylation sites is 1. The topological polar surface area (TPSA) is 88.5 Å². The lowest BCUT2D eigenvalue weighted by Crippen LogP contribution is -2.12. The summed E-state index contributed by atoms with van der Waals surface area (Å²) in [7, 11) is 0. The highest BCUT2D eigenvalue weighted by Gasteiger charge is 2.18. The van der Waals surface area contributed by atoms with Crippen LogP contribution in [0.3, 0.4) is 0 Å². The zero-order valence-corrected chi connectivity index (χ0v) is 23.3. The van der Waals surface area contributed by atoms with Crippen molar-refractivity contribution >= 4 is 57.6 Å². The molecule has 0 atom stereocenters. The summed E-state index contributed by atoms with van der Waals surface area (Å²) in [5.41, 5.74) is 2.57. The molecule has 0 bridgehead atoms. The average Bonchev–Trinajstić information content (AvgIpc) is 3.36. The number of benzene rings is 3. The number of carboxylic acid groups (broad SMARTS) is 1. The Bertz CT molecular complexity index is 1560. The molecule has 0 radical (unpaired) electrons. The average molecular weight is 585 g/mol. The molecule has 0 spiro atoms. The van der Waals surface area contributed by atoms with Crippen molar-refractivity contribution in [3.05, 3.63) is 104 Å². The van der Waals surface area contributed by atoms with Crippen LogP contribution in [0.4, 0.5) is 9.52 Å². The standard InChI is InChI=1S/C29H23Cl2FN2O4S/c1-3-38-25-10-5-4-7-17(25)12-18-8-6-9-20(26(18)32)24-15-39-29(33-24)34-27(35)19-13-22(30)21(23(31)14-19)11-16(2)28(36)37/h4-11,13-15H,3,12H2,1-2H3,(H,36,37)(H,33,34,35). The fourth-order valence-corrected chi connectivity index (χ4v) is 5.12. The first kappa shape index (κ1) is 28.3. The molecular formula is C29H23Cl2FN2O4S. The lowest BCUT2D eigenvalue weighted by atomic mass is 10.0. The molecule has 0 aliphatic heterocycles. The SMILES string of the molecule is CCOc1ccccc1Cc1cccc(-c2csc(NC(=O)c3cc(Cl)c(C=C(C)C(=O)O)c(Cl)c3)n2)c1F. The number of halogens is 3. The molecule has 200 valence electrons. The van der Waals surface area contributed by atoms with Gasteiger partial charge in [0, 0.05) is 34.1 Å². The number of carbonyl (C=O) groups is 2. The maximum Gasteiger partial charge on any atom is 0.331 e. The fraction of sp³-hybridized carbons (Fsp3) is 0.138. The third kappa shape index (κ3) is 6.65. The Balaban J connectivity index is 1.54. The zero-order valence-electron chi connectivity index (χ0n) is 20.9. The second-order valence-electron chi connectivity index (χ2n) is 8.47. The van der Waals surface area contributed by atoms with Gasteiger partial charge in [0.2, 0.25) is 0 Å². The Morgan fingerprint density at radius 1 is 1.10 bits per heavy atom. The predicted molar refractivity (Wildman–Crippen MR) is 154 cm³/mol. The summed E-state index contributed by atoms with van der Waals surface area (Å²) in [6, 6.07) is 15.4. The van der Waals surface area contributed by atoms with Crippen molar-refractivity contribution in [2.75, 3.05) is 11.9 Å². The van der Waals surface area contributed by atoms with Gasteiger partial charge in [-0.15, -0.1) is 11.3 Å². The van der Waals surface area contributed by atoms with E-state index in [-0.39, 0.29) is 26.3 Å². The van der Waals surface area contributed by atoms with Crippen LogP contribution >= 0.6 is 34.5 Å². The molecule has 10 heteroatoms. The van der Waals surface area contributed by atoms with Crippen LogP contribution in [0.5, 0.6) is 5.75 Å². The number of aliphatic carboxylic acids is 1. The molecule has 3 aromatic carbocycles. The Labute approximate surface area is 238 Å². The summed E-state index contributed by atoms with van der Waals surface area (Å²) in [6.45, 7) is 3.82. The Morgan fingerprint density at radius 3 is 2.49 bits per heavy atom. The molecule has 0 aliphatic carbocycles. The number of aromatic nitrogens is 1. The molecule has 2 N–H and O–H groups in total. The van der Waals surface area contributed by atoms with Crippen molar-refractivity contribution < 1.29 is 23.8 Å². The molecule has 4 rings (SSSR count). The van der Waals surface area contributed by atoms with Crippen LogP contribution in [0.15, 0.2) is 65.6 Å². The molecule has 1 aromatic heterocycles. The van der Waals surface area contributed by atoms with E-state index in [1.165, 1.54) is 25.1 Å². The molecule has 0 fully saturated rings. The molecule has 4 aromatic rings. The van der Waals surface area contributed by atoms with Crippen molar-refractivity contribution in [2.45, 2.75) is 20.3 Å². The molecular weight excluding hydrogens is 562 g/mol. The normalized spacial score (nSPS) is 11.4. The van der Waals surface area contributed by atoms with E-state index in [9.17, 15) is 9.59 Å². The van der Waals surface area contributed by atoms with Gasteiger partial charge >= 0.3 is 5.97 Å². The van der Waals surface area contributed by atoms with Gasteiger partial charge < -0.3 is 9.84 Å². The smallest absolute Gasteiger partial charge is 0.331 e. The minimum atomic E-state index is -1.11. The summed E-state index contributed by atoms with van der Waals surface area (Å²) in [4.78, 5) is 28.4. The predicted octanol–water partition coefficient (Wildman–Crippen LogP) is 7.99. The van der Waals surface area contributed by atoms with Crippen LogP contribution in [0.2, 0.25) is 10.0 Å². The maximum atomic E-state index is 15.5. The number of anilines is 1. The first-order valence-corrected chi connectivity index (χ1v) is 13.5. The number of nitrogens with one attached hydrogen (secondary N) is 1. The zero-order chi connectivity index (χ0) is 28.1. The quantitative estimate of drug-likeness (QED) is 0.195. The van der Waals surface area contributed by atoms with Crippen LogP contribution in [0.25, 0.3) is 17.3 Å². The minimum Gasteiger partial charge on any atom is -0.494 e. The number of nitrogens with zero attached hydrogens (tertiary/aromatic N) is 1. The van der Waals surface area contributed by atoms with Crippen molar-refractivity contribution in [1.82, 2.24) is 4.98 Å². The minimum absolute atomic E-state index is 0.0427. The van der Waals surface area contributed by atoms with Gasteiger partial charge in [-0.2, -0.15) is 0 Å². The molecule has 0 saturated carbocycles. The van der Waals surface area contributed by atoms with Crippen LogP contribution in [-0.4, -0.2) is 28.6 Å². The van der Waals surface area contributed by atoms with E-state index in [1.54, 1.807) is 23.6 Å². The third-order valence-corrected chi connectivity index (χ3v) is 7.16. The van der Waals surface area contributed by atoms with E-state index in [0.29, 0.717) is 41.2 Å². The second-order valence-corrected chi connectivity index (χ2v) is 10.1. The van der Waals surface area contributed by atoms with Gasteiger partial charge in [-0.25, -0.2) is 14.2 Å². The third-order valence-electron chi connectivity index (χ3n) is 5.77. The van der Waals surface area contributed by atoms with E-state index < -0.39 is 17.7 Å². The number of hydrogen-bond donors (Lipinski definition) is 2. The Kier molecular flexibility index (Phi) is 9.01. The van der Waals surface area contributed by atoms with Crippen molar-refractivity contribution in [2.24, 2.45) is 0 Å². The van der Waals surface area contributed by atoms with Crippen LogP contribution in [-0.2, 0) is 11.2 Å². The van der Waals surface area contributed by atoms with Crippen LogP contribution < -0.4 is 10.1 Å². The van der Waals surface area contributed by atoms with Gasteiger partial charge in [0.05, 0.1) is 22.3 Å². The molecule has 1 heterocycles. The van der Waals surface area contributed by atoms with Gasteiger partial charge in [0.25, 0.3) is 5.91 Å². The molecule has 0 aliphatic rings. The van der Waals surface area contributed by atoms with E-state index in [1.807, 2.05) is 31.2 Å². The number of thiazole rings is 1. The summed E-state index contributed by atoms with van der Waals surface area (Å²) in [6.07, 6.45) is 1.68. The highest BCUT2D eigenvalue weighted by molar-refractivity contribution is 7.14. The van der Waals surface area contributed by atoms with Gasteiger partial charge in [0.1, 0.15) is 11.6 Å². The summed E-state index contributed by atoms with van der Waals surface area (Å²) in [5, 5.41) is 13.9. The first-order valence-electron chi connectivity index (χ1n) is 11.8. The number of carbonyl (C=O) groups excluding carboxylic acids is 1. The van der Waals surface area contributed by atoms with Gasteiger partial charge in [0.15, 0.2) is 5.13 Å². The van der Waals surface area contributed by atoms with Crippen LogP contribution in [0, 0.1) is 5.82 Å². The summed E-state index contributed by atoms with van der Waals surface area (Å²) < 4.78 is 21.2. The Morgan fingerprint density at radius 2 is 1.79 bits per heavy atom. The largest absolute Gasteiger partial charge is 0.494 e. The van der Waals surface area contributed by atoms with Gasteiger partial charge in [-0.1, -0.05) is 53.5 Å². The first-order chi connectivity index (χ1) is 18.7. The van der Waals surface area contributed by atoms with Crippen molar-refractivity contribution in [3.8, 4) is 17.0 Å². The van der Waals surface area contributed by atoms with E-state index >= 15 is 4.39 Å². The lowest BCUT2D eigenvalue weighted by molar-refractivity contribution is -0.132. The molecule has 39 heavy (non-hydrogen) atoms. The van der Waals surface area contributed by atoms with Crippen LogP contribution in [0.1, 0.15) is 40.9 Å². The number of rotatable bonds is 9. The monoisotopic (exact) mass is 584 g/mol. The lowest BCUT2D eigenvalue weighted by Gasteiger charge is -2.11. The molecule has 6 nitrogen and oxygen atoms in total. The number of carboxylic acids is 1. The van der Waals surface area contributed by atoms with E-state index in [0.717, 1.165) is 16.9 Å². The number of amides is 1.